The number of pyridine rings is 2. The first-order chi connectivity index (χ1) is 13.5. The largest absolute Gasteiger partial charge is 0.341 e. The van der Waals surface area contributed by atoms with Crippen LogP contribution in [-0.4, -0.2) is 15.3 Å². The smallest absolute Gasteiger partial charge is 0.193 e. The van der Waals surface area contributed by atoms with Crippen molar-refractivity contribution in [1.29, 1.82) is 0 Å². The van der Waals surface area contributed by atoms with Gasteiger partial charge in [0.1, 0.15) is 11.5 Å². The molecule has 0 unspecified atom stereocenters. The zero-order valence-corrected chi connectivity index (χ0v) is 15.0. The number of ketones is 1. The van der Waals surface area contributed by atoms with Crippen molar-refractivity contribution in [1.82, 2.24) is 9.55 Å². The van der Waals surface area contributed by atoms with Crippen LogP contribution in [0.1, 0.15) is 17.4 Å². The van der Waals surface area contributed by atoms with Gasteiger partial charge in [-0.25, -0.2) is 9.37 Å². The lowest BCUT2D eigenvalue weighted by molar-refractivity contribution is 0.100. The molecule has 0 saturated carbocycles. The zero-order valence-electron chi connectivity index (χ0n) is 15.0. The fourth-order valence-corrected chi connectivity index (χ4v) is 3.06. The van der Waals surface area contributed by atoms with Crippen molar-refractivity contribution in [2.45, 2.75) is 6.92 Å². The van der Waals surface area contributed by atoms with Crippen LogP contribution in [-0.2, 0) is 0 Å². The van der Waals surface area contributed by atoms with E-state index in [1.54, 1.807) is 4.57 Å². The van der Waals surface area contributed by atoms with Gasteiger partial charge in [-0.15, -0.1) is 0 Å². The molecule has 5 nitrogen and oxygen atoms in total. The summed E-state index contributed by atoms with van der Waals surface area (Å²) < 4.78 is 16.0. The van der Waals surface area contributed by atoms with Crippen molar-refractivity contribution in [3.05, 3.63) is 94.5 Å². The molecule has 0 amide bonds. The maximum Gasteiger partial charge on any atom is 0.193 e. The van der Waals surface area contributed by atoms with Gasteiger partial charge in [-0.1, -0.05) is 36.4 Å². The number of rotatable bonds is 4. The minimum Gasteiger partial charge on any atom is -0.341 e. The van der Waals surface area contributed by atoms with Gasteiger partial charge in [0.05, 0.1) is 5.39 Å². The average molecular weight is 373 g/mol. The third-order valence-corrected chi connectivity index (χ3v) is 4.34. The Balaban J connectivity index is 2.07. The van der Waals surface area contributed by atoms with E-state index in [1.165, 1.54) is 13.0 Å². The van der Waals surface area contributed by atoms with Crippen LogP contribution in [0.5, 0.6) is 0 Å². The highest BCUT2D eigenvalue weighted by Crippen LogP contribution is 2.25. The Kier molecular flexibility index (Phi) is 4.45. The highest BCUT2D eigenvalue weighted by atomic mass is 19.1. The van der Waals surface area contributed by atoms with Gasteiger partial charge in [-0.2, -0.15) is 0 Å². The predicted molar refractivity (Wildman–Crippen MR) is 107 cm³/mol. The number of fused-ring (bicyclic) bond motifs is 1. The summed E-state index contributed by atoms with van der Waals surface area (Å²) in [6.45, 7) is 1.24. The Morgan fingerprint density at radius 2 is 1.64 bits per heavy atom. The molecule has 2 aromatic carbocycles. The van der Waals surface area contributed by atoms with Gasteiger partial charge in [-0.05, 0) is 30.3 Å². The second-order valence-corrected chi connectivity index (χ2v) is 6.30. The van der Waals surface area contributed by atoms with Crippen LogP contribution in [0.2, 0.25) is 0 Å². The predicted octanol–water partition coefficient (Wildman–Crippen LogP) is 4.47. The Labute approximate surface area is 160 Å². The minimum atomic E-state index is -0.805. The summed E-state index contributed by atoms with van der Waals surface area (Å²) in [7, 11) is 0. The molecule has 0 atom stereocenters. The van der Waals surface area contributed by atoms with Crippen molar-refractivity contribution in [2.75, 3.05) is 5.32 Å². The van der Waals surface area contributed by atoms with Crippen molar-refractivity contribution >= 4 is 28.3 Å². The van der Waals surface area contributed by atoms with Gasteiger partial charge < -0.3 is 5.32 Å². The van der Waals surface area contributed by atoms with Crippen molar-refractivity contribution in [3.8, 4) is 5.69 Å². The number of nitrogens with zero attached hydrogens (tertiary/aromatic N) is 2. The highest BCUT2D eigenvalue weighted by molar-refractivity contribution is 5.95. The van der Waals surface area contributed by atoms with Crippen LogP contribution in [0.25, 0.3) is 16.7 Å². The number of benzene rings is 2. The standard InChI is InChI=1S/C22H16FN3O2/c1-14(27)21-18(23)12-17-19(28)13-20(24-15-8-4-2-5-9-15)26(22(17)25-21)16-10-6-3-7-11-16/h2-13,24H,1H3. The molecule has 0 saturated heterocycles. The topological polar surface area (TPSA) is 64.0 Å². The van der Waals surface area contributed by atoms with Gasteiger partial charge in [-0.3, -0.25) is 14.2 Å². The van der Waals surface area contributed by atoms with Crippen LogP contribution < -0.4 is 10.7 Å². The Morgan fingerprint density at radius 1 is 1.00 bits per heavy atom. The summed E-state index contributed by atoms with van der Waals surface area (Å²) >= 11 is 0. The summed E-state index contributed by atoms with van der Waals surface area (Å²) in [5.41, 5.74) is 1.03. The monoisotopic (exact) mass is 373 g/mol. The molecule has 1 N–H and O–H groups in total. The van der Waals surface area contributed by atoms with Gasteiger partial charge in [0.25, 0.3) is 0 Å². The maximum absolute atomic E-state index is 14.3. The molecule has 4 aromatic rings. The Morgan fingerprint density at radius 3 is 2.29 bits per heavy atom. The van der Waals surface area contributed by atoms with Crippen LogP contribution in [0.15, 0.2) is 77.6 Å². The second kappa shape index (κ2) is 7.08. The lowest BCUT2D eigenvalue weighted by atomic mass is 10.2. The molecule has 0 aliphatic heterocycles. The van der Waals surface area contributed by atoms with Crippen molar-refractivity contribution in [2.24, 2.45) is 0 Å². The minimum absolute atomic E-state index is 0.102. The summed E-state index contributed by atoms with van der Waals surface area (Å²) in [5, 5.41) is 3.31. The molecule has 0 spiro atoms. The molecule has 28 heavy (non-hydrogen) atoms. The fourth-order valence-electron chi connectivity index (χ4n) is 3.06. The summed E-state index contributed by atoms with van der Waals surface area (Å²) in [6.07, 6.45) is 0. The normalized spacial score (nSPS) is 10.8. The van der Waals surface area contributed by atoms with E-state index in [0.29, 0.717) is 5.82 Å². The Bertz CT molecular complexity index is 1240. The molecule has 0 fully saturated rings. The number of aromatic nitrogens is 2. The highest BCUT2D eigenvalue weighted by Gasteiger charge is 2.18. The molecular formula is C22H16FN3O2. The van der Waals surface area contributed by atoms with Gasteiger partial charge in [0, 0.05) is 24.4 Å². The van der Waals surface area contributed by atoms with Crippen LogP contribution in [0.3, 0.4) is 0 Å². The van der Waals surface area contributed by atoms with E-state index in [4.69, 9.17) is 0 Å². The van der Waals surface area contributed by atoms with Crippen molar-refractivity contribution in [3.63, 3.8) is 0 Å². The number of carbonyl (C=O) groups excluding carboxylic acids is 1. The van der Waals surface area contributed by atoms with Crippen LogP contribution in [0, 0.1) is 5.82 Å². The van der Waals surface area contributed by atoms with E-state index in [9.17, 15) is 14.0 Å². The van der Waals surface area contributed by atoms with Gasteiger partial charge in [0.15, 0.2) is 22.7 Å². The second-order valence-electron chi connectivity index (χ2n) is 6.30. The SMILES string of the molecule is CC(=O)c1nc2c(cc1F)c(=O)cc(Nc1ccccc1)n2-c1ccccc1. The number of anilines is 2. The van der Waals surface area contributed by atoms with E-state index in [1.807, 2.05) is 60.7 Å². The molecule has 2 aromatic heterocycles. The first-order valence-corrected chi connectivity index (χ1v) is 8.69. The molecule has 2 heterocycles. The number of hydrogen-bond donors (Lipinski definition) is 1. The van der Waals surface area contributed by atoms with Crippen LogP contribution >= 0.6 is 0 Å². The van der Waals surface area contributed by atoms with E-state index >= 15 is 0 Å². The number of para-hydroxylation sites is 2. The molecule has 4 rings (SSSR count). The molecular weight excluding hydrogens is 357 g/mol. The van der Waals surface area contributed by atoms with Gasteiger partial charge in [0.2, 0.25) is 0 Å². The first-order valence-electron chi connectivity index (χ1n) is 8.69. The van der Waals surface area contributed by atoms with E-state index in [2.05, 4.69) is 10.3 Å². The molecule has 0 radical (unpaired) electrons. The molecule has 0 aliphatic rings. The summed E-state index contributed by atoms with van der Waals surface area (Å²) in [5.74, 6) is -0.850. The third-order valence-electron chi connectivity index (χ3n) is 4.34. The van der Waals surface area contributed by atoms with E-state index in [0.717, 1.165) is 17.4 Å². The average Bonchev–Trinajstić information content (AvgIpc) is 2.69. The number of hydrogen-bond acceptors (Lipinski definition) is 4. The summed E-state index contributed by atoms with van der Waals surface area (Å²) in [6, 6.07) is 21.1. The third kappa shape index (κ3) is 3.16. The lowest BCUT2D eigenvalue weighted by Gasteiger charge is -2.18. The number of carbonyl (C=O) groups is 1. The number of halogens is 1. The summed E-state index contributed by atoms with van der Waals surface area (Å²) in [4.78, 5) is 28.7. The molecule has 0 bridgehead atoms. The lowest BCUT2D eigenvalue weighted by Crippen LogP contribution is -2.16. The molecule has 6 heteroatoms. The van der Waals surface area contributed by atoms with Crippen LogP contribution in [0.4, 0.5) is 15.9 Å². The Hall–Kier alpha value is -3.80. The number of Topliss-reactive ketones (excluding diaryl/α,β-unsaturated/α-hetero) is 1. The fraction of sp³-hybridized carbons (Fsp3) is 0.0455. The van der Waals surface area contributed by atoms with E-state index < -0.39 is 11.6 Å². The van der Waals surface area contributed by atoms with Crippen molar-refractivity contribution < 1.29 is 9.18 Å². The molecule has 138 valence electrons. The van der Waals surface area contributed by atoms with E-state index in [-0.39, 0.29) is 22.2 Å². The van der Waals surface area contributed by atoms with Gasteiger partial charge >= 0.3 is 0 Å². The zero-order chi connectivity index (χ0) is 19.7. The number of nitrogens with one attached hydrogen (secondary N) is 1. The first kappa shape index (κ1) is 17.6. The molecule has 0 aliphatic carbocycles. The quantitative estimate of drug-likeness (QED) is 0.536. The maximum atomic E-state index is 14.3.